The average Bonchev–Trinajstić information content (AvgIpc) is 2.48. The molecule has 0 aliphatic carbocycles. The molecule has 1 aromatic rings. The molecule has 0 bridgehead atoms. The van der Waals surface area contributed by atoms with Crippen LogP contribution in [0.2, 0.25) is 0 Å². The first kappa shape index (κ1) is 14.3. The molecule has 1 N–H and O–H groups in total. The van der Waals surface area contributed by atoms with Crippen molar-refractivity contribution in [2.24, 2.45) is 5.41 Å². The Hall–Kier alpha value is -1.15. The Labute approximate surface area is 116 Å². The molecule has 1 unspecified atom stereocenters. The lowest BCUT2D eigenvalue weighted by atomic mass is 9.73. The Morgan fingerprint density at radius 2 is 1.89 bits per heavy atom. The van der Waals surface area contributed by atoms with Gasteiger partial charge in [-0.3, -0.25) is 4.79 Å². The fourth-order valence-electron chi connectivity index (χ4n) is 2.97. The van der Waals surface area contributed by atoms with E-state index in [2.05, 4.69) is 43.4 Å². The highest BCUT2D eigenvalue weighted by Gasteiger charge is 2.36. The van der Waals surface area contributed by atoms with Crippen LogP contribution < -0.4 is 5.32 Å². The number of aryl methyl sites for hydroxylation is 1. The molecule has 0 amide bonds. The number of carbonyl (C=O) groups excluding carboxylic acids is 1. The number of carbonyl (C=O) groups is 1. The molecule has 1 heterocycles. The van der Waals surface area contributed by atoms with Crippen LogP contribution >= 0.6 is 0 Å². The molecule has 1 atom stereocenters. The van der Waals surface area contributed by atoms with Gasteiger partial charge in [-0.15, -0.1) is 0 Å². The Balaban J connectivity index is 2.05. The summed E-state index contributed by atoms with van der Waals surface area (Å²) in [4.78, 5) is 12.6. The van der Waals surface area contributed by atoms with Crippen molar-refractivity contribution in [3.63, 3.8) is 0 Å². The Bertz CT molecular complexity index is 415. The van der Waals surface area contributed by atoms with E-state index in [1.54, 1.807) is 0 Å². The maximum Gasteiger partial charge on any atom is 0.144 e. The molecular weight excluding hydrogens is 234 g/mol. The van der Waals surface area contributed by atoms with Crippen molar-refractivity contribution in [1.29, 1.82) is 0 Å². The van der Waals surface area contributed by atoms with Gasteiger partial charge in [-0.1, -0.05) is 38.1 Å². The van der Waals surface area contributed by atoms with Crippen molar-refractivity contribution in [3.8, 4) is 0 Å². The van der Waals surface area contributed by atoms with Crippen LogP contribution in [-0.4, -0.2) is 18.9 Å². The summed E-state index contributed by atoms with van der Waals surface area (Å²) in [5.74, 6) is 0.409. The third kappa shape index (κ3) is 3.24. The number of piperidine rings is 1. The number of ketones is 1. The molecule has 1 aromatic carbocycles. The smallest absolute Gasteiger partial charge is 0.144 e. The first-order chi connectivity index (χ1) is 9.20. The van der Waals surface area contributed by atoms with Crippen LogP contribution in [0.25, 0.3) is 0 Å². The van der Waals surface area contributed by atoms with E-state index >= 15 is 0 Å². The maximum absolute atomic E-state index is 12.6. The van der Waals surface area contributed by atoms with E-state index in [4.69, 9.17) is 0 Å². The first-order valence-electron chi connectivity index (χ1n) is 7.52. The zero-order valence-electron chi connectivity index (χ0n) is 12.2. The Kier molecular flexibility index (Phi) is 4.76. The van der Waals surface area contributed by atoms with Crippen LogP contribution in [0.4, 0.5) is 0 Å². The summed E-state index contributed by atoms with van der Waals surface area (Å²) in [5.41, 5.74) is 2.36. The predicted octanol–water partition coefficient (Wildman–Crippen LogP) is 3.14. The lowest BCUT2D eigenvalue weighted by molar-refractivity contribution is -0.129. The second-order valence-corrected chi connectivity index (χ2v) is 5.68. The zero-order chi connectivity index (χ0) is 13.7. The molecule has 0 saturated carbocycles. The number of hydrogen-bond acceptors (Lipinski definition) is 2. The van der Waals surface area contributed by atoms with Gasteiger partial charge in [-0.05, 0) is 43.4 Å². The van der Waals surface area contributed by atoms with E-state index in [1.165, 1.54) is 5.56 Å². The fraction of sp³-hybridized carbons (Fsp3) is 0.588. The second-order valence-electron chi connectivity index (χ2n) is 5.68. The summed E-state index contributed by atoms with van der Waals surface area (Å²) in [6.07, 6.45) is 4.75. The molecular formula is C17H25NO. The van der Waals surface area contributed by atoms with Gasteiger partial charge in [-0.25, -0.2) is 0 Å². The van der Waals surface area contributed by atoms with Gasteiger partial charge in [0.2, 0.25) is 0 Å². The van der Waals surface area contributed by atoms with Gasteiger partial charge in [0, 0.05) is 18.4 Å². The maximum atomic E-state index is 12.6. The molecule has 0 aromatic heterocycles. The molecule has 0 spiro atoms. The van der Waals surface area contributed by atoms with E-state index < -0.39 is 0 Å². The van der Waals surface area contributed by atoms with E-state index in [0.29, 0.717) is 12.2 Å². The number of hydrogen-bond donors (Lipinski definition) is 1. The highest BCUT2D eigenvalue weighted by molar-refractivity contribution is 5.87. The standard InChI is InChI=1S/C17H25NO/c1-3-14-6-8-15(9-7-14)12-16(19)17(4-2)10-5-11-18-13-17/h6-9,18H,3-5,10-13H2,1-2H3. The van der Waals surface area contributed by atoms with Gasteiger partial charge in [-0.2, -0.15) is 0 Å². The van der Waals surface area contributed by atoms with Crippen LogP contribution in [0.5, 0.6) is 0 Å². The van der Waals surface area contributed by atoms with Gasteiger partial charge in [0.15, 0.2) is 0 Å². The largest absolute Gasteiger partial charge is 0.316 e. The van der Waals surface area contributed by atoms with Crippen LogP contribution in [0, 0.1) is 5.41 Å². The first-order valence-corrected chi connectivity index (χ1v) is 7.52. The van der Waals surface area contributed by atoms with Gasteiger partial charge in [0.1, 0.15) is 5.78 Å². The molecule has 1 fully saturated rings. The third-order valence-electron chi connectivity index (χ3n) is 4.54. The molecule has 104 valence electrons. The van der Waals surface area contributed by atoms with Crippen molar-refractivity contribution in [1.82, 2.24) is 5.32 Å². The van der Waals surface area contributed by atoms with E-state index in [9.17, 15) is 4.79 Å². The quantitative estimate of drug-likeness (QED) is 0.880. The Morgan fingerprint density at radius 1 is 1.21 bits per heavy atom. The van der Waals surface area contributed by atoms with Gasteiger partial charge in [0.25, 0.3) is 0 Å². The van der Waals surface area contributed by atoms with Crippen molar-refractivity contribution >= 4 is 5.78 Å². The molecule has 1 aliphatic heterocycles. The van der Waals surface area contributed by atoms with Gasteiger partial charge in [0.05, 0.1) is 0 Å². The minimum absolute atomic E-state index is 0.123. The van der Waals surface area contributed by atoms with Crippen LogP contribution in [0.15, 0.2) is 24.3 Å². The second kappa shape index (κ2) is 6.33. The van der Waals surface area contributed by atoms with Crippen molar-refractivity contribution in [2.45, 2.75) is 46.0 Å². The minimum atomic E-state index is -0.123. The van der Waals surface area contributed by atoms with Gasteiger partial charge < -0.3 is 5.32 Å². The molecule has 2 nitrogen and oxygen atoms in total. The highest BCUT2D eigenvalue weighted by atomic mass is 16.1. The van der Waals surface area contributed by atoms with Crippen LogP contribution in [-0.2, 0) is 17.6 Å². The average molecular weight is 259 g/mol. The monoisotopic (exact) mass is 259 g/mol. The number of Topliss-reactive ketones (excluding diaryl/α,β-unsaturated/α-hetero) is 1. The molecule has 19 heavy (non-hydrogen) atoms. The predicted molar refractivity (Wildman–Crippen MR) is 79.4 cm³/mol. The number of nitrogens with one attached hydrogen (secondary N) is 1. The third-order valence-corrected chi connectivity index (χ3v) is 4.54. The molecule has 1 saturated heterocycles. The van der Waals surface area contributed by atoms with E-state index in [0.717, 1.165) is 44.3 Å². The van der Waals surface area contributed by atoms with Crippen molar-refractivity contribution in [2.75, 3.05) is 13.1 Å². The Morgan fingerprint density at radius 3 is 2.42 bits per heavy atom. The van der Waals surface area contributed by atoms with Crippen LogP contribution in [0.3, 0.4) is 0 Å². The molecule has 1 aliphatic rings. The minimum Gasteiger partial charge on any atom is -0.316 e. The summed E-state index contributed by atoms with van der Waals surface area (Å²) >= 11 is 0. The lowest BCUT2D eigenvalue weighted by Crippen LogP contribution is -2.45. The van der Waals surface area contributed by atoms with E-state index in [1.807, 2.05) is 0 Å². The topological polar surface area (TPSA) is 29.1 Å². The summed E-state index contributed by atoms with van der Waals surface area (Å²) in [6.45, 7) is 6.21. The van der Waals surface area contributed by atoms with Crippen molar-refractivity contribution in [3.05, 3.63) is 35.4 Å². The molecule has 0 radical (unpaired) electrons. The SMILES string of the molecule is CCc1ccc(CC(=O)C2(CC)CCCNC2)cc1. The number of benzene rings is 1. The molecule has 2 heteroatoms. The summed E-state index contributed by atoms with van der Waals surface area (Å²) in [6, 6.07) is 8.49. The summed E-state index contributed by atoms with van der Waals surface area (Å²) < 4.78 is 0. The zero-order valence-corrected chi connectivity index (χ0v) is 12.2. The van der Waals surface area contributed by atoms with Crippen LogP contribution in [0.1, 0.15) is 44.2 Å². The number of rotatable bonds is 5. The normalized spacial score (nSPS) is 23.3. The van der Waals surface area contributed by atoms with Gasteiger partial charge >= 0.3 is 0 Å². The molecule has 2 rings (SSSR count). The highest BCUT2D eigenvalue weighted by Crippen LogP contribution is 2.32. The fourth-order valence-corrected chi connectivity index (χ4v) is 2.97. The van der Waals surface area contributed by atoms with E-state index in [-0.39, 0.29) is 5.41 Å². The summed E-state index contributed by atoms with van der Waals surface area (Å²) in [7, 11) is 0. The lowest BCUT2D eigenvalue weighted by Gasteiger charge is -2.35. The van der Waals surface area contributed by atoms with Crippen molar-refractivity contribution < 1.29 is 4.79 Å². The summed E-state index contributed by atoms with van der Waals surface area (Å²) in [5, 5.41) is 3.39.